The molecule has 2 N–H and O–H groups in total. The summed E-state index contributed by atoms with van der Waals surface area (Å²) in [5.41, 5.74) is -1.76. The molecule has 174 valence electrons. The van der Waals surface area contributed by atoms with Crippen molar-refractivity contribution < 1.29 is 14.3 Å². The number of nitrogens with one attached hydrogen (secondary N) is 2. The first-order chi connectivity index (χ1) is 12.9. The second-order valence-electron chi connectivity index (χ2n) is 11.0. The molecule has 0 saturated carbocycles. The normalized spacial score (nSPS) is 16.1. The molecule has 5 heteroatoms. The zero-order valence-electron chi connectivity index (χ0n) is 21.6. The van der Waals surface area contributed by atoms with Gasteiger partial charge in [-0.3, -0.25) is 4.79 Å². The van der Waals surface area contributed by atoms with E-state index in [1.807, 2.05) is 13.8 Å². The lowest BCUT2D eigenvalue weighted by molar-refractivity contribution is -0.186. The zero-order valence-corrected chi connectivity index (χ0v) is 21.6. The Morgan fingerprint density at radius 1 is 0.966 bits per heavy atom. The van der Waals surface area contributed by atoms with Crippen LogP contribution in [0.5, 0.6) is 0 Å². The van der Waals surface area contributed by atoms with Gasteiger partial charge in [0.25, 0.3) is 0 Å². The van der Waals surface area contributed by atoms with Crippen molar-refractivity contribution >= 4 is 5.91 Å². The molecule has 2 atom stereocenters. The van der Waals surface area contributed by atoms with Gasteiger partial charge < -0.3 is 20.1 Å². The molecule has 0 aliphatic carbocycles. The minimum Gasteiger partial charge on any atom is -0.379 e. The monoisotopic (exact) mass is 414 g/mol. The topological polar surface area (TPSA) is 59.6 Å². The Bertz CT molecular complexity index is 510. The highest BCUT2D eigenvalue weighted by Gasteiger charge is 2.53. The van der Waals surface area contributed by atoms with Crippen molar-refractivity contribution in [2.75, 3.05) is 20.2 Å². The Morgan fingerprint density at radius 2 is 1.48 bits per heavy atom. The van der Waals surface area contributed by atoms with Crippen LogP contribution in [0.2, 0.25) is 0 Å². The van der Waals surface area contributed by atoms with Gasteiger partial charge in [-0.05, 0) is 47.1 Å². The van der Waals surface area contributed by atoms with Crippen LogP contribution >= 0.6 is 0 Å². The Morgan fingerprint density at radius 3 is 1.90 bits per heavy atom. The van der Waals surface area contributed by atoms with E-state index in [0.29, 0.717) is 12.5 Å². The Kier molecular flexibility index (Phi) is 10.4. The quantitative estimate of drug-likeness (QED) is 0.455. The van der Waals surface area contributed by atoms with Gasteiger partial charge in [-0.2, -0.15) is 0 Å². The predicted molar refractivity (Wildman–Crippen MR) is 123 cm³/mol. The number of carbonyl (C=O) groups is 1. The lowest BCUT2D eigenvalue weighted by atomic mass is 9.59. The second kappa shape index (κ2) is 10.6. The van der Waals surface area contributed by atoms with Gasteiger partial charge in [-0.1, -0.05) is 48.5 Å². The average Bonchev–Trinajstić information content (AvgIpc) is 2.56. The summed E-state index contributed by atoms with van der Waals surface area (Å²) >= 11 is 0. The van der Waals surface area contributed by atoms with Gasteiger partial charge in [-0.25, -0.2) is 0 Å². The average molecular weight is 415 g/mol. The van der Waals surface area contributed by atoms with Crippen LogP contribution in [0.1, 0.15) is 89.5 Å². The highest BCUT2D eigenvalue weighted by Crippen LogP contribution is 2.49. The van der Waals surface area contributed by atoms with Crippen LogP contribution in [-0.2, 0) is 14.3 Å². The number of carbonyl (C=O) groups excluding carboxylic acids is 1. The standard InChI is InChI=1S/C24H50N2O3/c1-14-25-19(17(2)3)16-26-20(27)22(7,8)23(9,10)24(11,12)29-18(4)15-21(5,6)28-13/h17-19,25H,14-16H2,1-13H3,(H,26,27). The Hall–Kier alpha value is -0.650. The highest BCUT2D eigenvalue weighted by molar-refractivity contribution is 5.83. The van der Waals surface area contributed by atoms with Gasteiger partial charge in [0.05, 0.1) is 22.7 Å². The first kappa shape index (κ1) is 28.4. The minimum atomic E-state index is -0.610. The zero-order chi connectivity index (χ0) is 23.3. The maximum atomic E-state index is 13.2. The van der Waals surface area contributed by atoms with Crippen LogP contribution in [0, 0.1) is 16.7 Å². The molecule has 0 radical (unpaired) electrons. The summed E-state index contributed by atoms with van der Waals surface area (Å²) in [6, 6.07) is 0.267. The van der Waals surface area contributed by atoms with Gasteiger partial charge in [0.15, 0.2) is 0 Å². The number of hydrogen-bond donors (Lipinski definition) is 2. The van der Waals surface area contributed by atoms with Crippen LogP contribution in [0.15, 0.2) is 0 Å². The third kappa shape index (κ3) is 7.52. The SMILES string of the molecule is CCNC(CNC(=O)C(C)(C)C(C)(C)C(C)(C)OC(C)CC(C)(C)OC)C(C)C. The summed E-state index contributed by atoms with van der Waals surface area (Å²) < 4.78 is 12.1. The van der Waals surface area contributed by atoms with E-state index in [4.69, 9.17) is 9.47 Å². The number of ether oxygens (including phenoxy) is 2. The van der Waals surface area contributed by atoms with Crippen molar-refractivity contribution in [3.05, 3.63) is 0 Å². The largest absolute Gasteiger partial charge is 0.379 e. The second-order valence-corrected chi connectivity index (χ2v) is 11.0. The fourth-order valence-electron chi connectivity index (χ4n) is 3.73. The minimum absolute atomic E-state index is 0.0113. The lowest BCUT2D eigenvalue weighted by Gasteiger charge is -2.51. The molecule has 5 nitrogen and oxygen atoms in total. The molecular formula is C24H50N2O3. The van der Waals surface area contributed by atoms with E-state index < -0.39 is 16.4 Å². The molecule has 0 aromatic heterocycles. The summed E-state index contributed by atoms with van der Waals surface area (Å²) in [6.07, 6.45) is 0.797. The molecule has 0 saturated heterocycles. The summed E-state index contributed by atoms with van der Waals surface area (Å²) in [5, 5.41) is 6.65. The van der Waals surface area contributed by atoms with Gasteiger partial charge in [-0.15, -0.1) is 0 Å². The molecule has 0 bridgehead atoms. The van der Waals surface area contributed by atoms with Crippen molar-refractivity contribution in [2.24, 2.45) is 16.7 Å². The fourth-order valence-corrected chi connectivity index (χ4v) is 3.73. The molecule has 0 spiro atoms. The van der Waals surface area contributed by atoms with E-state index in [2.05, 4.69) is 79.9 Å². The third-order valence-electron chi connectivity index (χ3n) is 7.22. The molecule has 2 unspecified atom stereocenters. The smallest absolute Gasteiger partial charge is 0.226 e. The van der Waals surface area contributed by atoms with Crippen LogP contribution in [-0.4, -0.2) is 49.5 Å². The predicted octanol–water partition coefficient (Wildman–Crippen LogP) is 4.79. The third-order valence-corrected chi connectivity index (χ3v) is 7.22. The first-order valence-electron chi connectivity index (χ1n) is 11.2. The van der Waals surface area contributed by atoms with Crippen LogP contribution < -0.4 is 10.6 Å². The Labute approximate surface area is 181 Å². The van der Waals surface area contributed by atoms with Crippen molar-refractivity contribution in [3.63, 3.8) is 0 Å². The first-order valence-corrected chi connectivity index (χ1v) is 11.2. The van der Waals surface area contributed by atoms with Crippen molar-refractivity contribution in [2.45, 2.75) is 113 Å². The lowest BCUT2D eigenvalue weighted by Crippen LogP contribution is -2.58. The van der Waals surface area contributed by atoms with Gasteiger partial charge >= 0.3 is 0 Å². The van der Waals surface area contributed by atoms with Crippen LogP contribution in [0.3, 0.4) is 0 Å². The number of likely N-dealkylation sites (N-methyl/N-ethyl adjacent to an activating group) is 1. The Balaban J connectivity index is 5.31. The van der Waals surface area contributed by atoms with E-state index in [-0.39, 0.29) is 23.7 Å². The van der Waals surface area contributed by atoms with E-state index in [0.717, 1.165) is 13.0 Å². The molecule has 0 rings (SSSR count). The van der Waals surface area contributed by atoms with E-state index in [1.54, 1.807) is 7.11 Å². The number of methoxy groups -OCH3 is 1. The van der Waals surface area contributed by atoms with E-state index in [9.17, 15) is 4.79 Å². The van der Waals surface area contributed by atoms with Crippen molar-refractivity contribution in [1.82, 2.24) is 10.6 Å². The maximum absolute atomic E-state index is 13.2. The molecule has 0 aliphatic heterocycles. The van der Waals surface area contributed by atoms with E-state index in [1.165, 1.54) is 0 Å². The molecular weight excluding hydrogens is 364 g/mol. The summed E-state index contributed by atoms with van der Waals surface area (Å²) in [4.78, 5) is 13.2. The van der Waals surface area contributed by atoms with Crippen molar-refractivity contribution in [1.29, 1.82) is 0 Å². The number of rotatable bonds is 13. The van der Waals surface area contributed by atoms with Crippen molar-refractivity contribution in [3.8, 4) is 0 Å². The summed E-state index contributed by atoms with van der Waals surface area (Å²) in [6.45, 7) is 26.7. The number of hydrogen-bond acceptors (Lipinski definition) is 4. The fraction of sp³-hybridized carbons (Fsp3) is 0.958. The van der Waals surface area contributed by atoms with Gasteiger partial charge in [0.1, 0.15) is 0 Å². The van der Waals surface area contributed by atoms with Gasteiger partial charge in [0.2, 0.25) is 5.91 Å². The molecule has 0 aromatic rings. The van der Waals surface area contributed by atoms with Crippen LogP contribution in [0.4, 0.5) is 0 Å². The maximum Gasteiger partial charge on any atom is 0.226 e. The number of amides is 1. The summed E-state index contributed by atoms with van der Waals surface area (Å²) in [5.74, 6) is 0.517. The summed E-state index contributed by atoms with van der Waals surface area (Å²) in [7, 11) is 1.73. The molecule has 0 fully saturated rings. The molecule has 0 aromatic carbocycles. The van der Waals surface area contributed by atoms with E-state index >= 15 is 0 Å². The molecule has 0 aliphatic rings. The van der Waals surface area contributed by atoms with Crippen LogP contribution in [0.25, 0.3) is 0 Å². The molecule has 1 amide bonds. The van der Waals surface area contributed by atoms with Gasteiger partial charge in [0, 0.05) is 31.5 Å². The highest BCUT2D eigenvalue weighted by atomic mass is 16.5. The molecule has 0 heterocycles. The molecule has 29 heavy (non-hydrogen) atoms.